The Morgan fingerprint density at radius 3 is 1.83 bits per heavy atom. The molecule has 0 aliphatic heterocycles. The molecule has 138 valence electrons. The zero-order valence-corrected chi connectivity index (χ0v) is 15.1. The minimum Gasteiger partial charge on any atom is -0.870 e. The van der Waals surface area contributed by atoms with E-state index >= 15 is 0 Å². The van der Waals surface area contributed by atoms with Crippen molar-refractivity contribution in [2.24, 2.45) is 0 Å². The fourth-order valence-corrected chi connectivity index (χ4v) is 2.16. The predicted octanol–water partition coefficient (Wildman–Crippen LogP) is 0.388. The monoisotopic (exact) mass is 519 g/mol. The second kappa shape index (κ2) is 14.1. The summed E-state index contributed by atoms with van der Waals surface area (Å²) in [6, 6.07) is 5.62. The van der Waals surface area contributed by atoms with Gasteiger partial charge in [0.15, 0.2) is 0 Å². The first-order valence-corrected chi connectivity index (χ1v) is 6.83. The number of aliphatic carboxylic acids is 1. The van der Waals surface area contributed by atoms with Crippen molar-refractivity contribution in [2.45, 2.75) is 44.2 Å². The van der Waals surface area contributed by atoms with Crippen LogP contribution in [-0.4, -0.2) is 35.0 Å². The van der Waals surface area contributed by atoms with Gasteiger partial charge in [0.1, 0.15) is 0 Å². The first-order valence-electron chi connectivity index (χ1n) is 6.83. The van der Waals surface area contributed by atoms with Gasteiger partial charge >= 0.3 is 21.1 Å². The minimum atomic E-state index is -1.38. The van der Waals surface area contributed by atoms with Crippen LogP contribution in [0, 0.1) is 0 Å². The van der Waals surface area contributed by atoms with Gasteiger partial charge in [0, 0.05) is 18.0 Å². The Morgan fingerprint density at radius 2 is 1.46 bits per heavy atom. The molecule has 1 aliphatic carbocycles. The van der Waals surface area contributed by atoms with Crippen LogP contribution in [0.3, 0.4) is 0 Å². The Balaban J connectivity index is -0.000000353. The third kappa shape index (κ3) is 9.74. The number of hydrogen-bond donors (Lipinski definition) is 0. The van der Waals surface area contributed by atoms with E-state index in [4.69, 9.17) is 11.5 Å². The Kier molecular flexibility index (Phi) is 16.1. The van der Waals surface area contributed by atoms with Crippen LogP contribution in [0.2, 0.25) is 0 Å². The average molecular weight is 519 g/mol. The third-order valence-electron chi connectivity index (χ3n) is 3.34. The van der Waals surface area contributed by atoms with Gasteiger partial charge in [-0.1, -0.05) is 49.9 Å². The van der Waals surface area contributed by atoms with Gasteiger partial charge < -0.3 is 42.2 Å². The molecule has 9 heteroatoms. The molecule has 1 aromatic rings. The smallest absolute Gasteiger partial charge is 0.870 e. The van der Waals surface area contributed by atoms with Gasteiger partial charge in [-0.05, 0) is 5.56 Å². The largest absolute Gasteiger partial charge is 4.00 e. The molecule has 8 nitrogen and oxygen atoms in total. The van der Waals surface area contributed by atoms with Crippen molar-refractivity contribution >= 4 is 11.9 Å². The molecule has 0 aromatic heterocycles. The Morgan fingerprint density at radius 1 is 1.00 bits per heavy atom. The van der Waals surface area contributed by atoms with Crippen molar-refractivity contribution < 1.29 is 51.8 Å². The van der Waals surface area contributed by atoms with Crippen molar-refractivity contribution in [3.63, 3.8) is 0 Å². The quantitative estimate of drug-likeness (QED) is 0.555. The molecule has 1 fully saturated rings. The molecule has 1 saturated carbocycles. The van der Waals surface area contributed by atoms with Crippen molar-refractivity contribution in [3.8, 4) is 0 Å². The standard InChI is InChI=1S/C9H8O4.C6H12N2.2H2O.Pt/c10-8(11)5-6-3-1-2-4-7(6)9(12)13;7-5-3-1-2-4-6(5)8;;;/h1-4H,5H2,(H,10,11)(H,12,13);5-8H,1-4H2;2*1H2;/q;-2;;;+4/p-4. The van der Waals surface area contributed by atoms with Crippen molar-refractivity contribution in [1.82, 2.24) is 0 Å². The zero-order chi connectivity index (χ0) is 15.8. The van der Waals surface area contributed by atoms with Crippen molar-refractivity contribution in [3.05, 3.63) is 46.9 Å². The fraction of sp³-hybridized carbons (Fsp3) is 0.467. The molecule has 2 rings (SSSR count). The average Bonchev–Trinajstić information content (AvgIpc) is 2.42. The number of carbonyl (C=O) groups excluding carboxylic acids is 2. The van der Waals surface area contributed by atoms with Crippen LogP contribution in [0.25, 0.3) is 11.5 Å². The number of carboxylic acids is 2. The minimum absolute atomic E-state index is 0. The van der Waals surface area contributed by atoms with Gasteiger partial charge in [0.25, 0.3) is 0 Å². The SMILES string of the molecule is O=C([O-])Cc1ccccc1C(=O)[O-].[NH-]C1CCCCC1[NH-].[OH-].[OH-].[Pt+4]. The van der Waals surface area contributed by atoms with E-state index in [-0.39, 0.29) is 55.2 Å². The third-order valence-corrected chi connectivity index (χ3v) is 3.34. The van der Waals surface area contributed by atoms with Gasteiger partial charge in [-0.25, -0.2) is 0 Å². The molecule has 24 heavy (non-hydrogen) atoms. The van der Waals surface area contributed by atoms with E-state index in [2.05, 4.69) is 0 Å². The predicted molar refractivity (Wildman–Crippen MR) is 78.0 cm³/mol. The van der Waals surface area contributed by atoms with Crippen LogP contribution in [0.1, 0.15) is 41.6 Å². The first kappa shape index (κ1) is 27.5. The van der Waals surface area contributed by atoms with Crippen LogP contribution in [-0.2, 0) is 32.3 Å². The Labute approximate surface area is 155 Å². The van der Waals surface area contributed by atoms with E-state index in [1.165, 1.54) is 31.0 Å². The van der Waals surface area contributed by atoms with Gasteiger partial charge in [-0.3, -0.25) is 0 Å². The number of benzene rings is 1. The van der Waals surface area contributed by atoms with Gasteiger partial charge in [0.05, 0.1) is 5.97 Å². The number of carbonyl (C=O) groups is 2. The molecule has 0 heterocycles. The summed E-state index contributed by atoms with van der Waals surface area (Å²) in [5.74, 6) is -2.69. The molecular formula is C15H20N2O6Pt-2. The summed E-state index contributed by atoms with van der Waals surface area (Å²) in [5, 5.41) is 20.7. The van der Waals surface area contributed by atoms with Crippen molar-refractivity contribution in [2.75, 3.05) is 0 Å². The van der Waals surface area contributed by atoms with E-state index in [0.717, 1.165) is 12.8 Å². The number of nitrogens with one attached hydrogen (secondary N) is 2. The summed E-state index contributed by atoms with van der Waals surface area (Å²) in [6.07, 6.45) is 3.83. The second-order valence-electron chi connectivity index (χ2n) is 4.99. The summed E-state index contributed by atoms with van der Waals surface area (Å²) in [5.41, 5.74) is 14.7. The Bertz CT molecular complexity index is 491. The summed E-state index contributed by atoms with van der Waals surface area (Å²) in [6.45, 7) is 0. The van der Waals surface area contributed by atoms with Gasteiger partial charge in [-0.2, -0.15) is 12.1 Å². The van der Waals surface area contributed by atoms with Crippen molar-refractivity contribution in [1.29, 1.82) is 0 Å². The zero-order valence-electron chi connectivity index (χ0n) is 12.8. The summed E-state index contributed by atoms with van der Waals surface area (Å²) in [4.78, 5) is 20.7. The molecule has 1 aromatic carbocycles. The molecule has 0 amide bonds. The van der Waals surface area contributed by atoms with Gasteiger partial charge in [0.2, 0.25) is 0 Å². The molecule has 4 N–H and O–H groups in total. The number of rotatable bonds is 3. The number of hydrogen-bond acceptors (Lipinski definition) is 6. The first-order chi connectivity index (χ1) is 9.91. The maximum atomic E-state index is 10.5. The summed E-state index contributed by atoms with van der Waals surface area (Å²) >= 11 is 0. The Hall–Kier alpha value is -1.31. The molecule has 2 atom stereocenters. The second-order valence-corrected chi connectivity index (χ2v) is 4.99. The molecule has 2 unspecified atom stereocenters. The van der Waals surface area contributed by atoms with Crippen LogP contribution >= 0.6 is 0 Å². The van der Waals surface area contributed by atoms with E-state index in [0.29, 0.717) is 0 Å². The van der Waals surface area contributed by atoms with E-state index < -0.39 is 18.4 Å². The topological polar surface area (TPSA) is 188 Å². The summed E-state index contributed by atoms with van der Waals surface area (Å²) < 4.78 is 0. The molecule has 0 spiro atoms. The molecule has 0 bridgehead atoms. The van der Waals surface area contributed by atoms with E-state index in [1.54, 1.807) is 6.07 Å². The normalized spacial score (nSPS) is 18.4. The number of aromatic carboxylic acids is 1. The number of carboxylic acid groups (broad SMARTS) is 2. The molecule has 0 radical (unpaired) electrons. The molecule has 1 aliphatic rings. The van der Waals surface area contributed by atoms with Crippen LogP contribution in [0.15, 0.2) is 24.3 Å². The van der Waals surface area contributed by atoms with Gasteiger partial charge in [-0.15, -0.1) is 0 Å². The van der Waals surface area contributed by atoms with E-state index in [1.807, 2.05) is 0 Å². The maximum Gasteiger partial charge on any atom is 4.00 e. The van der Waals surface area contributed by atoms with E-state index in [9.17, 15) is 19.8 Å². The van der Waals surface area contributed by atoms with Crippen LogP contribution in [0.4, 0.5) is 0 Å². The maximum absolute atomic E-state index is 10.5. The summed E-state index contributed by atoms with van der Waals surface area (Å²) in [7, 11) is 0. The van der Waals surface area contributed by atoms with Crippen LogP contribution in [0.5, 0.6) is 0 Å². The fourth-order valence-electron chi connectivity index (χ4n) is 2.16. The van der Waals surface area contributed by atoms with Crippen LogP contribution < -0.4 is 10.2 Å². The molecule has 0 saturated heterocycles. The molecular weight excluding hydrogens is 499 g/mol.